The molecule has 0 fully saturated rings. The Kier molecular flexibility index (Phi) is 4.49. The van der Waals surface area contributed by atoms with Crippen LogP contribution >= 0.6 is 23.2 Å². The van der Waals surface area contributed by atoms with Crippen LogP contribution in [0.4, 0.5) is 5.69 Å². The lowest BCUT2D eigenvalue weighted by Gasteiger charge is -2.08. The Morgan fingerprint density at radius 2 is 1.88 bits per heavy atom. The lowest BCUT2D eigenvalue weighted by atomic mass is 10.5. The van der Waals surface area contributed by atoms with Gasteiger partial charge in [0.15, 0.2) is 10.3 Å². The number of nitrogens with one attached hydrogen (secondary N) is 1. The Bertz CT molecular complexity index is 514. The van der Waals surface area contributed by atoms with E-state index in [1.165, 1.54) is 0 Å². The van der Waals surface area contributed by atoms with Gasteiger partial charge in [-0.25, -0.2) is 18.4 Å². The number of hydrogen-bond donors (Lipinski definition) is 2. The predicted molar refractivity (Wildman–Crippen MR) is 61.7 cm³/mol. The molecule has 0 spiro atoms. The van der Waals surface area contributed by atoms with Crippen LogP contribution in [-0.4, -0.2) is 35.2 Å². The number of anilines is 1. The Balaban J connectivity index is 2.87. The molecule has 0 saturated heterocycles. The van der Waals surface area contributed by atoms with Crippen molar-refractivity contribution in [2.75, 3.05) is 10.5 Å². The van der Waals surface area contributed by atoms with E-state index in [0.29, 0.717) is 0 Å². The van der Waals surface area contributed by atoms with E-state index < -0.39 is 28.2 Å². The molecule has 0 atom stereocenters. The molecule has 10 heteroatoms. The van der Waals surface area contributed by atoms with Crippen molar-refractivity contribution < 1.29 is 18.3 Å². The zero-order chi connectivity index (χ0) is 13.1. The monoisotopic (exact) mass is 299 g/mol. The van der Waals surface area contributed by atoms with Crippen LogP contribution in [0.5, 0.6) is 0 Å². The smallest absolute Gasteiger partial charge is 0.304 e. The van der Waals surface area contributed by atoms with Crippen LogP contribution in [0.2, 0.25) is 10.3 Å². The highest BCUT2D eigenvalue weighted by Gasteiger charge is 2.17. The number of nitrogens with zero attached hydrogens (tertiary/aromatic N) is 2. The van der Waals surface area contributed by atoms with Gasteiger partial charge in [-0.2, -0.15) is 0 Å². The topological polar surface area (TPSA) is 109 Å². The minimum absolute atomic E-state index is 0.163. The van der Waals surface area contributed by atoms with Gasteiger partial charge in [-0.15, -0.1) is 0 Å². The standard InChI is InChI=1S/C7H7Cl2N3O4S/c8-6-5(7(9)11-3-10-6)12-17(15,16)2-1-4(13)14/h3,12H,1-2H2,(H,13,14). The van der Waals surface area contributed by atoms with Crippen molar-refractivity contribution in [1.82, 2.24) is 9.97 Å². The van der Waals surface area contributed by atoms with Gasteiger partial charge in [-0.05, 0) is 0 Å². The van der Waals surface area contributed by atoms with E-state index in [4.69, 9.17) is 28.3 Å². The molecule has 0 radical (unpaired) electrons. The van der Waals surface area contributed by atoms with Gasteiger partial charge in [0.1, 0.15) is 12.0 Å². The second-order valence-electron chi connectivity index (χ2n) is 2.89. The van der Waals surface area contributed by atoms with Crippen LogP contribution in [0.15, 0.2) is 6.33 Å². The number of hydrogen-bond acceptors (Lipinski definition) is 5. The first kappa shape index (κ1) is 13.9. The van der Waals surface area contributed by atoms with Crippen molar-refractivity contribution in [3.8, 4) is 0 Å². The zero-order valence-electron chi connectivity index (χ0n) is 8.22. The number of rotatable bonds is 5. The molecule has 0 aliphatic heterocycles. The summed E-state index contributed by atoms with van der Waals surface area (Å²) in [5.74, 6) is -1.82. The fourth-order valence-corrected chi connectivity index (χ4v) is 2.43. The summed E-state index contributed by atoms with van der Waals surface area (Å²) in [7, 11) is -3.85. The molecular formula is C7H7Cl2N3O4S. The van der Waals surface area contributed by atoms with Crippen molar-refractivity contribution >= 4 is 44.9 Å². The minimum Gasteiger partial charge on any atom is -0.481 e. The summed E-state index contributed by atoms with van der Waals surface area (Å²) >= 11 is 11.2. The van der Waals surface area contributed by atoms with E-state index in [0.717, 1.165) is 6.33 Å². The highest BCUT2D eigenvalue weighted by Crippen LogP contribution is 2.26. The van der Waals surface area contributed by atoms with Crippen molar-refractivity contribution in [1.29, 1.82) is 0 Å². The first-order chi connectivity index (χ1) is 7.82. The molecule has 0 aliphatic carbocycles. The normalized spacial score (nSPS) is 11.2. The van der Waals surface area contributed by atoms with Crippen LogP contribution in [0, 0.1) is 0 Å². The van der Waals surface area contributed by atoms with Crippen LogP contribution < -0.4 is 4.72 Å². The molecule has 1 rings (SSSR count). The maximum atomic E-state index is 11.5. The summed E-state index contributed by atoms with van der Waals surface area (Å²) in [5.41, 5.74) is -0.166. The van der Waals surface area contributed by atoms with Crippen molar-refractivity contribution in [2.24, 2.45) is 0 Å². The molecule has 1 aromatic rings. The summed E-state index contributed by atoms with van der Waals surface area (Å²) in [4.78, 5) is 17.4. The summed E-state index contributed by atoms with van der Waals surface area (Å²) in [6.07, 6.45) is 0.540. The number of carbonyl (C=O) groups is 1. The summed E-state index contributed by atoms with van der Waals surface area (Å²) in [6.45, 7) is 0. The zero-order valence-corrected chi connectivity index (χ0v) is 10.6. The van der Waals surface area contributed by atoms with Crippen LogP contribution in [0.1, 0.15) is 6.42 Å². The van der Waals surface area contributed by atoms with Gasteiger partial charge in [0.25, 0.3) is 0 Å². The third-order valence-corrected chi connectivity index (χ3v) is 3.43. The lowest BCUT2D eigenvalue weighted by Crippen LogP contribution is -2.19. The molecule has 0 unspecified atom stereocenters. The first-order valence-corrected chi connectivity index (χ1v) is 6.61. The lowest BCUT2D eigenvalue weighted by molar-refractivity contribution is -0.136. The van der Waals surface area contributed by atoms with Gasteiger partial charge in [-0.3, -0.25) is 9.52 Å². The number of carboxylic acids is 1. The maximum Gasteiger partial charge on any atom is 0.304 e. The Hall–Kier alpha value is -1.12. The average Bonchev–Trinajstić information content (AvgIpc) is 2.21. The largest absolute Gasteiger partial charge is 0.481 e. The van der Waals surface area contributed by atoms with Gasteiger partial charge in [0, 0.05) is 0 Å². The molecule has 0 bridgehead atoms. The highest BCUT2D eigenvalue weighted by molar-refractivity contribution is 7.92. The summed E-state index contributed by atoms with van der Waals surface area (Å²) in [6, 6.07) is 0. The molecule has 0 amide bonds. The number of aromatic nitrogens is 2. The van der Waals surface area contributed by atoms with Crippen LogP contribution in [0.3, 0.4) is 0 Å². The maximum absolute atomic E-state index is 11.5. The molecule has 1 heterocycles. The number of aliphatic carboxylic acids is 1. The van der Waals surface area contributed by atoms with Crippen molar-refractivity contribution in [3.05, 3.63) is 16.6 Å². The number of halogens is 2. The number of carboxylic acid groups (broad SMARTS) is 1. The van der Waals surface area contributed by atoms with Gasteiger partial charge < -0.3 is 5.11 Å². The van der Waals surface area contributed by atoms with E-state index in [2.05, 4.69) is 9.97 Å². The van der Waals surface area contributed by atoms with Crippen molar-refractivity contribution in [3.63, 3.8) is 0 Å². The van der Waals surface area contributed by atoms with E-state index in [-0.39, 0.29) is 16.0 Å². The Morgan fingerprint density at radius 3 is 2.35 bits per heavy atom. The fourth-order valence-electron chi connectivity index (χ4n) is 0.857. The van der Waals surface area contributed by atoms with E-state index in [1.807, 2.05) is 4.72 Å². The predicted octanol–water partition coefficient (Wildman–Crippen LogP) is 1.000. The molecule has 17 heavy (non-hydrogen) atoms. The minimum atomic E-state index is -3.85. The van der Waals surface area contributed by atoms with Gasteiger partial charge in [0.05, 0.1) is 12.2 Å². The van der Waals surface area contributed by atoms with Gasteiger partial charge in [-0.1, -0.05) is 23.2 Å². The van der Waals surface area contributed by atoms with E-state index in [9.17, 15) is 13.2 Å². The molecule has 94 valence electrons. The van der Waals surface area contributed by atoms with Crippen LogP contribution in [0.25, 0.3) is 0 Å². The van der Waals surface area contributed by atoms with E-state index in [1.54, 1.807) is 0 Å². The molecule has 0 aromatic carbocycles. The second kappa shape index (κ2) is 5.48. The highest BCUT2D eigenvalue weighted by atomic mass is 35.5. The molecular weight excluding hydrogens is 293 g/mol. The fraction of sp³-hybridized carbons (Fsp3) is 0.286. The third kappa shape index (κ3) is 4.33. The third-order valence-electron chi connectivity index (χ3n) is 1.60. The van der Waals surface area contributed by atoms with Crippen LogP contribution in [-0.2, 0) is 14.8 Å². The quantitative estimate of drug-likeness (QED) is 0.785. The molecule has 7 nitrogen and oxygen atoms in total. The summed E-state index contributed by atoms with van der Waals surface area (Å²) < 4.78 is 25.0. The first-order valence-electron chi connectivity index (χ1n) is 4.20. The molecule has 0 saturated carbocycles. The molecule has 1 aromatic heterocycles. The van der Waals surface area contributed by atoms with Crippen molar-refractivity contribution in [2.45, 2.75) is 6.42 Å². The van der Waals surface area contributed by atoms with Gasteiger partial charge >= 0.3 is 5.97 Å². The SMILES string of the molecule is O=C(O)CCS(=O)(=O)Nc1c(Cl)ncnc1Cl. The Labute approximate surface area is 107 Å². The average molecular weight is 300 g/mol. The molecule has 0 aliphatic rings. The second-order valence-corrected chi connectivity index (χ2v) is 5.45. The van der Waals surface area contributed by atoms with Gasteiger partial charge in [0.2, 0.25) is 10.0 Å². The number of sulfonamides is 1. The summed E-state index contributed by atoms with van der Waals surface area (Å²) in [5, 5.41) is 8.06. The molecule has 2 N–H and O–H groups in total. The van der Waals surface area contributed by atoms with E-state index >= 15 is 0 Å². The Morgan fingerprint density at radius 1 is 1.35 bits per heavy atom.